The van der Waals surface area contributed by atoms with Gasteiger partial charge in [0.15, 0.2) is 5.82 Å². The maximum atomic E-state index is 11.6. The van der Waals surface area contributed by atoms with E-state index in [9.17, 15) is 4.79 Å². The Bertz CT molecular complexity index is 640. The van der Waals surface area contributed by atoms with E-state index < -0.39 is 0 Å². The van der Waals surface area contributed by atoms with Gasteiger partial charge < -0.3 is 0 Å². The Morgan fingerprint density at radius 3 is 2.95 bits per heavy atom. The molecule has 0 radical (unpaired) electrons. The van der Waals surface area contributed by atoms with Crippen LogP contribution < -0.4 is 0 Å². The maximum absolute atomic E-state index is 11.6. The Labute approximate surface area is 131 Å². The molecule has 1 saturated carbocycles. The van der Waals surface area contributed by atoms with E-state index in [1.54, 1.807) is 4.80 Å². The monoisotopic (exact) mass is 348 g/mol. The molecule has 1 heterocycles. The van der Waals surface area contributed by atoms with Crippen LogP contribution in [-0.4, -0.2) is 26.0 Å². The van der Waals surface area contributed by atoms with Gasteiger partial charge in [0.1, 0.15) is 5.78 Å². The molecule has 2 aromatic rings. The second-order valence-corrected chi connectivity index (χ2v) is 6.27. The number of carbonyl (C=O) groups excluding carboxylic acids is 1. The first-order chi connectivity index (χ1) is 10.2. The van der Waals surface area contributed by atoms with E-state index in [4.69, 9.17) is 0 Å². The van der Waals surface area contributed by atoms with Crippen LogP contribution in [0.3, 0.4) is 0 Å². The van der Waals surface area contributed by atoms with Crippen molar-refractivity contribution in [3.8, 4) is 0 Å². The normalized spacial score (nSPS) is 18.3. The Balaban J connectivity index is 1.59. The number of rotatable bonds is 5. The predicted octanol–water partition coefficient (Wildman–Crippen LogP) is 2.79. The van der Waals surface area contributed by atoms with Gasteiger partial charge in [-0.15, -0.1) is 10.2 Å². The minimum atomic E-state index is 0.197. The second-order valence-electron chi connectivity index (χ2n) is 5.41. The second kappa shape index (κ2) is 6.47. The van der Waals surface area contributed by atoms with Crippen molar-refractivity contribution in [2.24, 2.45) is 5.92 Å². The third-order valence-corrected chi connectivity index (χ3v) is 4.68. The van der Waals surface area contributed by atoms with Crippen molar-refractivity contribution >= 4 is 21.7 Å². The van der Waals surface area contributed by atoms with Gasteiger partial charge in [-0.1, -0.05) is 34.1 Å². The molecule has 6 heteroatoms. The van der Waals surface area contributed by atoms with Gasteiger partial charge in [-0.2, -0.15) is 4.80 Å². The number of nitrogens with zero attached hydrogens (tertiary/aromatic N) is 4. The maximum Gasteiger partial charge on any atom is 0.179 e. The summed E-state index contributed by atoms with van der Waals surface area (Å²) in [5.74, 6) is 1.30. The van der Waals surface area contributed by atoms with Crippen molar-refractivity contribution in [1.29, 1.82) is 0 Å². The number of Topliss-reactive ketones (excluding diaryl/α,β-unsaturated/α-hetero) is 1. The van der Waals surface area contributed by atoms with Gasteiger partial charge in [-0.3, -0.25) is 4.79 Å². The lowest BCUT2D eigenvalue weighted by Gasteiger charge is -2.05. The molecule has 1 atom stereocenters. The lowest BCUT2D eigenvalue weighted by atomic mass is 10.0. The average molecular weight is 349 g/mol. The van der Waals surface area contributed by atoms with E-state index in [-0.39, 0.29) is 5.92 Å². The van der Waals surface area contributed by atoms with Crippen LogP contribution in [0.2, 0.25) is 0 Å². The van der Waals surface area contributed by atoms with Crippen LogP contribution in [0, 0.1) is 5.92 Å². The molecule has 1 aromatic carbocycles. The van der Waals surface area contributed by atoms with Gasteiger partial charge in [-0.25, -0.2) is 0 Å². The molecule has 1 aliphatic carbocycles. The van der Waals surface area contributed by atoms with Gasteiger partial charge in [0.25, 0.3) is 0 Å². The van der Waals surface area contributed by atoms with Crippen LogP contribution in [0.5, 0.6) is 0 Å². The number of tetrazole rings is 1. The van der Waals surface area contributed by atoms with Crippen LogP contribution in [0.4, 0.5) is 0 Å². The highest BCUT2D eigenvalue weighted by atomic mass is 79.9. The van der Waals surface area contributed by atoms with Crippen molar-refractivity contribution in [2.45, 2.75) is 38.6 Å². The van der Waals surface area contributed by atoms with Crippen molar-refractivity contribution in [3.05, 3.63) is 40.1 Å². The summed E-state index contributed by atoms with van der Waals surface area (Å²) < 4.78 is 1.05. The van der Waals surface area contributed by atoms with Crippen LogP contribution in [-0.2, 0) is 17.8 Å². The molecule has 1 aromatic heterocycles. The molecular formula is C15H17BrN4O. The summed E-state index contributed by atoms with van der Waals surface area (Å²) in [6.07, 6.45) is 4.26. The molecule has 0 amide bonds. The number of aromatic nitrogens is 4. The smallest absolute Gasteiger partial charge is 0.179 e. The number of hydrogen-bond donors (Lipinski definition) is 0. The summed E-state index contributed by atoms with van der Waals surface area (Å²) in [6, 6.07) is 8.03. The lowest BCUT2D eigenvalue weighted by molar-refractivity contribution is -0.120. The molecule has 1 fully saturated rings. The zero-order valence-electron chi connectivity index (χ0n) is 11.7. The standard InChI is InChI=1S/C15H17BrN4O/c16-13-6-2-1-4-12(13)10-15-17-19-20(18-15)9-8-11-5-3-7-14(11)21/h1-2,4,6,11H,3,5,7-10H2. The molecule has 1 aliphatic rings. The van der Waals surface area contributed by atoms with E-state index >= 15 is 0 Å². The SMILES string of the molecule is O=C1CCCC1CCn1nnc(Cc2ccccc2Br)n1. The van der Waals surface area contributed by atoms with Crippen molar-refractivity contribution in [3.63, 3.8) is 0 Å². The Hall–Kier alpha value is -1.56. The van der Waals surface area contributed by atoms with Crippen molar-refractivity contribution in [2.75, 3.05) is 0 Å². The number of aryl methyl sites for hydroxylation is 1. The summed E-state index contributed by atoms with van der Waals surface area (Å²) in [7, 11) is 0. The van der Waals surface area contributed by atoms with Gasteiger partial charge >= 0.3 is 0 Å². The van der Waals surface area contributed by atoms with Gasteiger partial charge in [0.05, 0.1) is 6.54 Å². The summed E-state index contributed by atoms with van der Waals surface area (Å²) in [4.78, 5) is 13.2. The van der Waals surface area contributed by atoms with Crippen molar-refractivity contribution in [1.82, 2.24) is 20.2 Å². The third-order valence-electron chi connectivity index (χ3n) is 3.91. The van der Waals surface area contributed by atoms with E-state index in [2.05, 4.69) is 31.3 Å². The fraction of sp³-hybridized carbons (Fsp3) is 0.467. The minimum absolute atomic E-state index is 0.197. The molecule has 21 heavy (non-hydrogen) atoms. The molecule has 0 spiro atoms. The molecule has 0 bridgehead atoms. The molecule has 5 nitrogen and oxygen atoms in total. The number of halogens is 1. The van der Waals surface area contributed by atoms with E-state index in [1.807, 2.05) is 24.3 Å². The van der Waals surface area contributed by atoms with E-state index in [1.165, 1.54) is 0 Å². The van der Waals surface area contributed by atoms with Gasteiger partial charge in [0.2, 0.25) is 0 Å². The summed E-state index contributed by atoms with van der Waals surface area (Å²) >= 11 is 3.52. The van der Waals surface area contributed by atoms with Gasteiger partial charge in [-0.05, 0) is 36.1 Å². The fourth-order valence-corrected chi connectivity index (χ4v) is 3.14. The molecule has 0 aliphatic heterocycles. The van der Waals surface area contributed by atoms with Crippen LogP contribution in [0.1, 0.15) is 37.1 Å². The molecule has 110 valence electrons. The Morgan fingerprint density at radius 1 is 1.33 bits per heavy atom. The van der Waals surface area contributed by atoms with E-state index in [0.29, 0.717) is 24.6 Å². The average Bonchev–Trinajstić information content (AvgIpc) is 3.08. The molecule has 0 saturated heterocycles. The fourth-order valence-electron chi connectivity index (χ4n) is 2.72. The molecule has 3 rings (SSSR count). The number of benzene rings is 1. The Kier molecular flexibility index (Phi) is 4.43. The van der Waals surface area contributed by atoms with Crippen molar-refractivity contribution < 1.29 is 4.79 Å². The summed E-state index contributed by atoms with van der Waals surface area (Å²) in [5.41, 5.74) is 1.14. The minimum Gasteiger partial charge on any atom is -0.299 e. The number of hydrogen-bond acceptors (Lipinski definition) is 4. The first-order valence-electron chi connectivity index (χ1n) is 7.25. The first-order valence-corrected chi connectivity index (χ1v) is 8.04. The van der Waals surface area contributed by atoms with Crippen LogP contribution in [0.15, 0.2) is 28.7 Å². The zero-order chi connectivity index (χ0) is 14.7. The summed E-state index contributed by atoms with van der Waals surface area (Å²) in [6.45, 7) is 0.666. The predicted molar refractivity (Wildman–Crippen MR) is 81.7 cm³/mol. The molecule has 1 unspecified atom stereocenters. The van der Waals surface area contributed by atoms with Crippen LogP contribution >= 0.6 is 15.9 Å². The topological polar surface area (TPSA) is 60.7 Å². The quantitative estimate of drug-likeness (QED) is 0.833. The largest absolute Gasteiger partial charge is 0.299 e. The summed E-state index contributed by atoms with van der Waals surface area (Å²) in [5, 5.41) is 12.6. The number of ketones is 1. The molecule has 0 N–H and O–H groups in total. The number of carbonyl (C=O) groups is 1. The Morgan fingerprint density at radius 2 is 2.19 bits per heavy atom. The highest BCUT2D eigenvalue weighted by Gasteiger charge is 2.24. The van der Waals surface area contributed by atoms with Gasteiger partial charge in [0, 0.05) is 23.2 Å². The lowest BCUT2D eigenvalue weighted by Crippen LogP contribution is -2.12. The van der Waals surface area contributed by atoms with Crippen LogP contribution in [0.25, 0.3) is 0 Å². The molecular weight excluding hydrogens is 332 g/mol. The van der Waals surface area contributed by atoms with E-state index in [0.717, 1.165) is 35.7 Å². The highest BCUT2D eigenvalue weighted by Crippen LogP contribution is 2.24. The highest BCUT2D eigenvalue weighted by molar-refractivity contribution is 9.10. The first kappa shape index (κ1) is 14.4. The third kappa shape index (κ3) is 3.56. The zero-order valence-corrected chi connectivity index (χ0v) is 13.3.